The SMILES string of the molecule is O=C([C@H]1COc2ccccc2O1)N1CCC(CCOc2ccccc2)CC1. The van der Waals surface area contributed by atoms with Gasteiger partial charge in [-0.25, -0.2) is 0 Å². The Balaban J connectivity index is 1.22. The van der Waals surface area contributed by atoms with Crippen LogP contribution in [-0.2, 0) is 4.79 Å². The van der Waals surface area contributed by atoms with Crippen molar-refractivity contribution in [3.63, 3.8) is 0 Å². The molecule has 2 aliphatic heterocycles. The van der Waals surface area contributed by atoms with Gasteiger partial charge in [-0.3, -0.25) is 4.79 Å². The summed E-state index contributed by atoms with van der Waals surface area (Å²) in [5.74, 6) is 2.90. The molecular formula is C22H25NO4. The maximum Gasteiger partial charge on any atom is 0.267 e. The van der Waals surface area contributed by atoms with Gasteiger partial charge in [0.05, 0.1) is 6.61 Å². The van der Waals surface area contributed by atoms with E-state index in [9.17, 15) is 4.79 Å². The number of amides is 1. The van der Waals surface area contributed by atoms with Crippen molar-refractivity contribution in [3.8, 4) is 17.2 Å². The quantitative estimate of drug-likeness (QED) is 0.811. The fourth-order valence-corrected chi connectivity index (χ4v) is 3.65. The van der Waals surface area contributed by atoms with Gasteiger partial charge in [-0.2, -0.15) is 0 Å². The Labute approximate surface area is 159 Å². The van der Waals surface area contributed by atoms with Crippen LogP contribution in [0.15, 0.2) is 54.6 Å². The molecule has 27 heavy (non-hydrogen) atoms. The first-order valence-corrected chi connectivity index (χ1v) is 9.65. The van der Waals surface area contributed by atoms with Crippen LogP contribution in [0.4, 0.5) is 0 Å². The maximum absolute atomic E-state index is 12.8. The van der Waals surface area contributed by atoms with Crippen molar-refractivity contribution in [1.82, 2.24) is 4.90 Å². The van der Waals surface area contributed by atoms with Gasteiger partial charge >= 0.3 is 0 Å². The largest absolute Gasteiger partial charge is 0.494 e. The van der Waals surface area contributed by atoms with Crippen LogP contribution in [-0.4, -0.2) is 43.2 Å². The van der Waals surface area contributed by atoms with Gasteiger partial charge in [-0.05, 0) is 49.4 Å². The summed E-state index contributed by atoms with van der Waals surface area (Å²) in [7, 11) is 0. The molecular weight excluding hydrogens is 342 g/mol. The Bertz CT molecular complexity index is 756. The maximum atomic E-state index is 12.8. The van der Waals surface area contributed by atoms with Gasteiger partial charge in [0.1, 0.15) is 12.4 Å². The number of carbonyl (C=O) groups excluding carboxylic acids is 1. The van der Waals surface area contributed by atoms with Crippen LogP contribution in [0.5, 0.6) is 17.2 Å². The highest BCUT2D eigenvalue weighted by molar-refractivity contribution is 5.82. The zero-order valence-electron chi connectivity index (χ0n) is 15.4. The van der Waals surface area contributed by atoms with Crippen LogP contribution >= 0.6 is 0 Å². The molecule has 2 aliphatic rings. The molecule has 5 nitrogen and oxygen atoms in total. The molecule has 0 aliphatic carbocycles. The molecule has 1 saturated heterocycles. The zero-order valence-corrected chi connectivity index (χ0v) is 15.4. The minimum absolute atomic E-state index is 0.0310. The Kier molecular flexibility index (Phi) is 5.47. The number of fused-ring (bicyclic) bond motifs is 1. The van der Waals surface area contributed by atoms with Crippen LogP contribution < -0.4 is 14.2 Å². The summed E-state index contributed by atoms with van der Waals surface area (Å²) in [4.78, 5) is 14.7. The first-order chi connectivity index (χ1) is 13.3. The minimum Gasteiger partial charge on any atom is -0.494 e. The fourth-order valence-electron chi connectivity index (χ4n) is 3.65. The lowest BCUT2D eigenvalue weighted by Gasteiger charge is -2.35. The second-order valence-electron chi connectivity index (χ2n) is 7.08. The number of likely N-dealkylation sites (tertiary alicyclic amines) is 1. The van der Waals surface area contributed by atoms with E-state index in [0.717, 1.165) is 44.7 Å². The molecule has 0 unspecified atom stereocenters. The summed E-state index contributed by atoms with van der Waals surface area (Å²) in [5, 5.41) is 0. The highest BCUT2D eigenvalue weighted by atomic mass is 16.6. The van der Waals surface area contributed by atoms with Gasteiger partial charge < -0.3 is 19.1 Å². The normalized spacial score (nSPS) is 19.6. The molecule has 142 valence electrons. The third-order valence-electron chi connectivity index (χ3n) is 5.25. The predicted octanol–water partition coefficient (Wildman–Crippen LogP) is 3.53. The molecule has 0 aromatic heterocycles. The van der Waals surface area contributed by atoms with Crippen molar-refractivity contribution < 1.29 is 19.0 Å². The second-order valence-corrected chi connectivity index (χ2v) is 7.08. The van der Waals surface area contributed by atoms with E-state index in [0.29, 0.717) is 17.4 Å². The molecule has 0 radical (unpaired) electrons. The van der Waals surface area contributed by atoms with Crippen molar-refractivity contribution >= 4 is 5.91 Å². The van der Waals surface area contributed by atoms with E-state index in [2.05, 4.69) is 0 Å². The van der Waals surface area contributed by atoms with Gasteiger partial charge in [-0.1, -0.05) is 30.3 Å². The Morgan fingerprint density at radius 1 is 1.00 bits per heavy atom. The van der Waals surface area contributed by atoms with Gasteiger partial charge in [0.15, 0.2) is 11.5 Å². The summed E-state index contributed by atoms with van der Waals surface area (Å²) < 4.78 is 17.3. The van der Waals surface area contributed by atoms with Crippen molar-refractivity contribution in [2.45, 2.75) is 25.4 Å². The summed E-state index contributed by atoms with van der Waals surface area (Å²) in [6, 6.07) is 17.4. The van der Waals surface area contributed by atoms with Crippen LogP contribution in [0.2, 0.25) is 0 Å². The smallest absolute Gasteiger partial charge is 0.267 e. The lowest BCUT2D eigenvalue weighted by molar-refractivity contribution is -0.142. The molecule has 2 aromatic carbocycles. The monoisotopic (exact) mass is 367 g/mol. The van der Waals surface area contributed by atoms with Crippen LogP contribution in [0.25, 0.3) is 0 Å². The number of rotatable bonds is 5. The lowest BCUT2D eigenvalue weighted by atomic mass is 9.93. The number of para-hydroxylation sites is 3. The van der Waals surface area contributed by atoms with E-state index >= 15 is 0 Å². The van der Waals surface area contributed by atoms with E-state index in [-0.39, 0.29) is 12.5 Å². The van der Waals surface area contributed by atoms with E-state index in [4.69, 9.17) is 14.2 Å². The standard InChI is InChI=1S/C22H25NO4/c24-22(21-16-26-19-8-4-5-9-20(19)27-21)23-13-10-17(11-14-23)12-15-25-18-6-2-1-3-7-18/h1-9,17,21H,10-16H2/t21-/m1/s1. The van der Waals surface area contributed by atoms with Gasteiger partial charge in [0, 0.05) is 13.1 Å². The van der Waals surface area contributed by atoms with Crippen molar-refractivity contribution in [3.05, 3.63) is 54.6 Å². The van der Waals surface area contributed by atoms with E-state index in [1.807, 2.05) is 59.5 Å². The summed E-state index contributed by atoms with van der Waals surface area (Å²) in [6.45, 7) is 2.55. The van der Waals surface area contributed by atoms with Crippen molar-refractivity contribution in [2.24, 2.45) is 5.92 Å². The molecule has 2 heterocycles. The first kappa shape index (κ1) is 17.7. The first-order valence-electron chi connectivity index (χ1n) is 9.65. The lowest BCUT2D eigenvalue weighted by Crippen LogP contribution is -2.49. The summed E-state index contributed by atoms with van der Waals surface area (Å²) in [6.07, 6.45) is 2.49. The highest BCUT2D eigenvalue weighted by Gasteiger charge is 2.32. The third kappa shape index (κ3) is 4.35. The molecule has 1 fully saturated rings. The average Bonchev–Trinajstić information content (AvgIpc) is 2.74. The molecule has 4 rings (SSSR count). The number of carbonyl (C=O) groups is 1. The third-order valence-corrected chi connectivity index (χ3v) is 5.25. The van der Waals surface area contributed by atoms with Crippen LogP contribution in [0.1, 0.15) is 19.3 Å². The fraction of sp³-hybridized carbons (Fsp3) is 0.409. The van der Waals surface area contributed by atoms with Crippen molar-refractivity contribution in [2.75, 3.05) is 26.3 Å². The van der Waals surface area contributed by atoms with Crippen LogP contribution in [0.3, 0.4) is 0 Å². The van der Waals surface area contributed by atoms with Gasteiger partial charge in [0.25, 0.3) is 5.91 Å². The molecule has 0 saturated carbocycles. The molecule has 1 atom stereocenters. The minimum atomic E-state index is -0.544. The number of hydrogen-bond acceptors (Lipinski definition) is 4. The number of piperidine rings is 1. The van der Waals surface area contributed by atoms with Gasteiger partial charge in [0.2, 0.25) is 6.10 Å². The topological polar surface area (TPSA) is 48.0 Å². The van der Waals surface area contributed by atoms with E-state index in [1.54, 1.807) is 0 Å². The predicted molar refractivity (Wildman–Crippen MR) is 102 cm³/mol. The molecule has 0 spiro atoms. The number of nitrogens with zero attached hydrogens (tertiary/aromatic N) is 1. The second kappa shape index (κ2) is 8.33. The number of hydrogen-bond donors (Lipinski definition) is 0. The van der Waals surface area contributed by atoms with Crippen molar-refractivity contribution in [1.29, 1.82) is 0 Å². The number of benzene rings is 2. The highest BCUT2D eigenvalue weighted by Crippen LogP contribution is 2.32. The Morgan fingerprint density at radius 3 is 2.48 bits per heavy atom. The van der Waals surface area contributed by atoms with E-state index in [1.165, 1.54) is 0 Å². The molecule has 0 bridgehead atoms. The Hall–Kier alpha value is -2.69. The summed E-state index contributed by atoms with van der Waals surface area (Å²) in [5.41, 5.74) is 0. The Morgan fingerprint density at radius 2 is 1.70 bits per heavy atom. The average molecular weight is 367 g/mol. The molecule has 0 N–H and O–H groups in total. The zero-order chi connectivity index (χ0) is 18.5. The van der Waals surface area contributed by atoms with Gasteiger partial charge in [-0.15, -0.1) is 0 Å². The molecule has 2 aromatic rings. The van der Waals surface area contributed by atoms with Crippen LogP contribution in [0, 0.1) is 5.92 Å². The van der Waals surface area contributed by atoms with E-state index < -0.39 is 6.10 Å². The molecule has 1 amide bonds. The number of ether oxygens (including phenoxy) is 3. The summed E-state index contributed by atoms with van der Waals surface area (Å²) >= 11 is 0. The molecule has 5 heteroatoms.